The van der Waals surface area contributed by atoms with Crippen LogP contribution in [-0.4, -0.2) is 31.6 Å². The topological polar surface area (TPSA) is 67.4 Å². The molecule has 2 N–H and O–H groups in total. The summed E-state index contributed by atoms with van der Waals surface area (Å²) in [5.74, 6) is -0.809. The Labute approximate surface area is 76.1 Å². The van der Waals surface area contributed by atoms with Gasteiger partial charge in [0, 0.05) is 12.6 Å². The third-order valence-corrected chi connectivity index (χ3v) is 1.68. The van der Waals surface area contributed by atoms with Gasteiger partial charge in [-0.05, 0) is 6.92 Å². The van der Waals surface area contributed by atoms with Gasteiger partial charge in [-0.2, -0.15) is 0 Å². The lowest BCUT2D eigenvalue weighted by molar-refractivity contribution is -0.135. The van der Waals surface area contributed by atoms with Crippen molar-refractivity contribution in [2.24, 2.45) is 0 Å². The number of hydrogen-bond acceptors (Lipinski definition) is 4. The van der Waals surface area contributed by atoms with E-state index < -0.39 is 5.97 Å². The SMILES string of the molecule is COC(=O)/C=C1/NCC(C)NC1=O. The van der Waals surface area contributed by atoms with Crippen LogP contribution in [0, 0.1) is 0 Å². The first-order valence-electron chi connectivity index (χ1n) is 3.98. The van der Waals surface area contributed by atoms with E-state index in [1.165, 1.54) is 7.11 Å². The summed E-state index contributed by atoms with van der Waals surface area (Å²) in [5, 5.41) is 5.51. The number of piperazine rings is 1. The van der Waals surface area contributed by atoms with Crippen molar-refractivity contribution >= 4 is 11.9 Å². The van der Waals surface area contributed by atoms with Gasteiger partial charge < -0.3 is 15.4 Å². The molecule has 13 heavy (non-hydrogen) atoms. The van der Waals surface area contributed by atoms with E-state index in [1.807, 2.05) is 6.92 Å². The summed E-state index contributed by atoms with van der Waals surface area (Å²) in [4.78, 5) is 22.0. The van der Waals surface area contributed by atoms with Crippen LogP contribution in [0.3, 0.4) is 0 Å². The van der Waals surface area contributed by atoms with Crippen LogP contribution in [0.15, 0.2) is 11.8 Å². The predicted octanol–water partition coefficient (Wildman–Crippen LogP) is -0.849. The van der Waals surface area contributed by atoms with E-state index in [-0.39, 0.29) is 17.6 Å². The van der Waals surface area contributed by atoms with Crippen LogP contribution in [0.2, 0.25) is 0 Å². The van der Waals surface area contributed by atoms with E-state index in [9.17, 15) is 9.59 Å². The van der Waals surface area contributed by atoms with Gasteiger partial charge in [-0.25, -0.2) is 4.79 Å². The molecule has 1 saturated heterocycles. The van der Waals surface area contributed by atoms with E-state index in [4.69, 9.17) is 0 Å². The molecule has 1 atom stereocenters. The van der Waals surface area contributed by atoms with Crippen molar-refractivity contribution in [3.05, 3.63) is 11.8 Å². The van der Waals surface area contributed by atoms with Crippen molar-refractivity contribution in [2.75, 3.05) is 13.7 Å². The number of rotatable bonds is 1. The van der Waals surface area contributed by atoms with Crippen LogP contribution < -0.4 is 10.6 Å². The smallest absolute Gasteiger partial charge is 0.332 e. The molecule has 0 bridgehead atoms. The summed E-state index contributed by atoms with van der Waals surface area (Å²) in [6, 6.07) is 0.0855. The summed E-state index contributed by atoms with van der Waals surface area (Å²) in [5.41, 5.74) is 0.255. The molecule has 5 nitrogen and oxygen atoms in total. The van der Waals surface area contributed by atoms with Crippen molar-refractivity contribution in [1.82, 2.24) is 10.6 Å². The molecule has 0 saturated carbocycles. The van der Waals surface area contributed by atoms with E-state index in [2.05, 4.69) is 15.4 Å². The van der Waals surface area contributed by atoms with Gasteiger partial charge in [0.05, 0.1) is 13.2 Å². The molecule has 0 aliphatic carbocycles. The number of amides is 1. The fourth-order valence-electron chi connectivity index (χ4n) is 0.989. The van der Waals surface area contributed by atoms with Gasteiger partial charge in [0.2, 0.25) is 0 Å². The van der Waals surface area contributed by atoms with E-state index in [1.54, 1.807) is 0 Å². The van der Waals surface area contributed by atoms with Gasteiger partial charge in [-0.15, -0.1) is 0 Å². The molecule has 5 heteroatoms. The maximum absolute atomic E-state index is 11.2. The minimum absolute atomic E-state index is 0.0855. The molecule has 0 aromatic rings. The molecule has 0 spiro atoms. The molecule has 1 amide bonds. The minimum atomic E-state index is -0.535. The van der Waals surface area contributed by atoms with Gasteiger partial charge in [-0.3, -0.25) is 4.79 Å². The molecular formula is C8H12N2O3. The van der Waals surface area contributed by atoms with Crippen molar-refractivity contribution in [2.45, 2.75) is 13.0 Å². The molecule has 1 aliphatic heterocycles. The third kappa shape index (κ3) is 2.47. The van der Waals surface area contributed by atoms with Crippen LogP contribution in [0.25, 0.3) is 0 Å². The average molecular weight is 184 g/mol. The highest BCUT2D eigenvalue weighted by Gasteiger charge is 2.19. The zero-order valence-corrected chi connectivity index (χ0v) is 7.59. The highest BCUT2D eigenvalue weighted by Crippen LogP contribution is 1.98. The van der Waals surface area contributed by atoms with Gasteiger partial charge in [0.15, 0.2) is 0 Å². The Balaban J connectivity index is 2.66. The molecule has 0 aromatic heterocycles. The first-order chi connectivity index (χ1) is 6.13. The molecule has 1 unspecified atom stereocenters. The number of hydrogen-bond donors (Lipinski definition) is 2. The number of methoxy groups -OCH3 is 1. The summed E-state index contributed by atoms with van der Waals surface area (Å²) in [7, 11) is 1.27. The number of nitrogens with one attached hydrogen (secondary N) is 2. The fraction of sp³-hybridized carbons (Fsp3) is 0.500. The predicted molar refractivity (Wildman–Crippen MR) is 45.7 cm³/mol. The first-order valence-corrected chi connectivity index (χ1v) is 3.98. The highest BCUT2D eigenvalue weighted by molar-refractivity contribution is 5.99. The molecule has 0 aromatic carbocycles. The second-order valence-electron chi connectivity index (χ2n) is 2.84. The minimum Gasteiger partial charge on any atom is -0.466 e. The van der Waals surface area contributed by atoms with E-state index in [0.29, 0.717) is 6.54 Å². The second kappa shape index (κ2) is 3.93. The molecule has 1 rings (SSSR count). The Hall–Kier alpha value is -1.52. The zero-order valence-electron chi connectivity index (χ0n) is 7.59. The number of esters is 1. The Kier molecular flexibility index (Phi) is 2.89. The number of ether oxygens (including phenoxy) is 1. The van der Waals surface area contributed by atoms with E-state index >= 15 is 0 Å². The highest BCUT2D eigenvalue weighted by atomic mass is 16.5. The molecule has 0 radical (unpaired) electrons. The van der Waals surface area contributed by atoms with Gasteiger partial charge >= 0.3 is 5.97 Å². The molecule has 1 heterocycles. The quantitative estimate of drug-likeness (QED) is 0.411. The van der Waals surface area contributed by atoms with Crippen LogP contribution in [0.5, 0.6) is 0 Å². The normalized spacial score (nSPS) is 24.9. The van der Waals surface area contributed by atoms with E-state index in [0.717, 1.165) is 6.08 Å². The lowest BCUT2D eigenvalue weighted by Gasteiger charge is -2.23. The lowest BCUT2D eigenvalue weighted by atomic mass is 10.2. The summed E-state index contributed by atoms with van der Waals surface area (Å²) in [6.45, 7) is 2.49. The second-order valence-corrected chi connectivity index (χ2v) is 2.84. The molecular weight excluding hydrogens is 172 g/mol. The van der Waals surface area contributed by atoms with Crippen molar-refractivity contribution < 1.29 is 14.3 Å². The summed E-state index contributed by atoms with van der Waals surface area (Å²) >= 11 is 0. The molecule has 1 aliphatic rings. The Morgan fingerprint density at radius 2 is 2.38 bits per heavy atom. The zero-order chi connectivity index (χ0) is 9.84. The fourth-order valence-corrected chi connectivity index (χ4v) is 0.989. The average Bonchev–Trinajstić information content (AvgIpc) is 2.09. The standard InChI is InChI=1S/C8H12N2O3/c1-5-4-9-6(8(12)10-5)3-7(11)13-2/h3,5,9H,4H2,1-2H3,(H,10,12)/b6-3+. The van der Waals surface area contributed by atoms with Crippen LogP contribution >= 0.6 is 0 Å². The van der Waals surface area contributed by atoms with Gasteiger partial charge in [-0.1, -0.05) is 0 Å². The monoisotopic (exact) mass is 184 g/mol. The number of carbonyl (C=O) groups is 2. The van der Waals surface area contributed by atoms with Crippen LogP contribution in [0.4, 0.5) is 0 Å². The number of carbonyl (C=O) groups excluding carboxylic acids is 2. The lowest BCUT2D eigenvalue weighted by Crippen LogP contribution is -2.49. The van der Waals surface area contributed by atoms with Crippen LogP contribution in [-0.2, 0) is 14.3 Å². The Morgan fingerprint density at radius 1 is 1.69 bits per heavy atom. The Bertz CT molecular complexity index is 260. The maximum Gasteiger partial charge on any atom is 0.332 e. The molecule has 1 fully saturated rings. The Morgan fingerprint density at radius 3 is 2.92 bits per heavy atom. The van der Waals surface area contributed by atoms with Crippen molar-refractivity contribution in [3.8, 4) is 0 Å². The maximum atomic E-state index is 11.2. The van der Waals surface area contributed by atoms with Gasteiger partial charge in [0.25, 0.3) is 5.91 Å². The van der Waals surface area contributed by atoms with Gasteiger partial charge in [0.1, 0.15) is 5.70 Å². The summed E-state index contributed by atoms with van der Waals surface area (Å²) < 4.78 is 4.39. The molecule has 72 valence electrons. The third-order valence-electron chi connectivity index (χ3n) is 1.68. The van der Waals surface area contributed by atoms with Crippen molar-refractivity contribution in [1.29, 1.82) is 0 Å². The largest absolute Gasteiger partial charge is 0.466 e. The summed E-state index contributed by atoms with van der Waals surface area (Å²) in [6.07, 6.45) is 1.14. The first kappa shape index (κ1) is 9.57. The van der Waals surface area contributed by atoms with Crippen LogP contribution in [0.1, 0.15) is 6.92 Å². The van der Waals surface area contributed by atoms with Crippen molar-refractivity contribution in [3.63, 3.8) is 0 Å².